The van der Waals surface area contributed by atoms with Gasteiger partial charge in [0.15, 0.2) is 0 Å². The molecule has 10 nitrogen and oxygen atoms in total. The highest BCUT2D eigenvalue weighted by atomic mass is 35.5. The molecule has 1 aliphatic rings. The number of piperazine rings is 1. The summed E-state index contributed by atoms with van der Waals surface area (Å²) in [4.78, 5) is 25.7. The van der Waals surface area contributed by atoms with Crippen molar-refractivity contribution in [3.05, 3.63) is 53.8 Å². The van der Waals surface area contributed by atoms with Gasteiger partial charge in [-0.2, -0.15) is 0 Å². The lowest BCUT2D eigenvalue weighted by Crippen LogP contribution is -2.44. The third-order valence-corrected chi connectivity index (χ3v) is 6.00. The fraction of sp³-hybridized carbons (Fsp3) is 0.292. The van der Waals surface area contributed by atoms with Crippen molar-refractivity contribution in [2.24, 2.45) is 0 Å². The van der Waals surface area contributed by atoms with Gasteiger partial charge in [0.2, 0.25) is 0 Å². The zero-order valence-corrected chi connectivity index (χ0v) is 20.6. The molecule has 1 saturated heterocycles. The SMILES string of the molecule is COc1cc(NC(=O)Nc2cc(Nc3cccc(N4CCN(C)CC4)c3)ncn2)c(Cl)c(OC)c1. The van der Waals surface area contributed by atoms with Gasteiger partial charge in [0, 0.05) is 55.8 Å². The number of methoxy groups -OCH3 is 2. The number of nitrogens with one attached hydrogen (secondary N) is 3. The summed E-state index contributed by atoms with van der Waals surface area (Å²) in [6.45, 7) is 4.04. The number of rotatable bonds is 7. The van der Waals surface area contributed by atoms with Crippen LogP contribution in [0.25, 0.3) is 0 Å². The number of carbonyl (C=O) groups excluding carboxylic acids is 1. The number of amides is 2. The predicted octanol–water partition coefficient (Wildman–Crippen LogP) is 4.29. The van der Waals surface area contributed by atoms with Crippen LogP contribution in [-0.4, -0.2) is 68.3 Å². The van der Waals surface area contributed by atoms with Crippen molar-refractivity contribution in [3.8, 4) is 11.5 Å². The summed E-state index contributed by atoms with van der Waals surface area (Å²) in [5, 5.41) is 8.92. The Hall–Kier alpha value is -3.76. The van der Waals surface area contributed by atoms with E-state index in [2.05, 4.69) is 54.9 Å². The Balaban J connectivity index is 1.42. The first-order chi connectivity index (χ1) is 16.9. The summed E-state index contributed by atoms with van der Waals surface area (Å²) >= 11 is 6.31. The Morgan fingerprint density at radius 1 is 0.971 bits per heavy atom. The topological polar surface area (TPSA) is 104 Å². The van der Waals surface area contributed by atoms with E-state index in [0.717, 1.165) is 37.6 Å². The number of anilines is 5. The number of carbonyl (C=O) groups is 1. The van der Waals surface area contributed by atoms with Gasteiger partial charge in [0.1, 0.15) is 34.5 Å². The predicted molar refractivity (Wildman–Crippen MR) is 139 cm³/mol. The van der Waals surface area contributed by atoms with Crippen molar-refractivity contribution in [1.82, 2.24) is 14.9 Å². The summed E-state index contributed by atoms with van der Waals surface area (Å²) in [7, 11) is 5.14. The fourth-order valence-corrected chi connectivity index (χ4v) is 3.92. The molecule has 4 rings (SSSR count). The molecule has 2 heterocycles. The lowest BCUT2D eigenvalue weighted by molar-refractivity contribution is 0.262. The average molecular weight is 498 g/mol. The van der Waals surface area contributed by atoms with E-state index in [1.54, 1.807) is 18.2 Å². The number of urea groups is 1. The van der Waals surface area contributed by atoms with Gasteiger partial charge in [-0.1, -0.05) is 17.7 Å². The molecule has 1 fully saturated rings. The molecule has 184 valence electrons. The number of likely N-dealkylation sites (N-methyl/N-ethyl adjacent to an activating group) is 1. The van der Waals surface area contributed by atoms with E-state index in [4.69, 9.17) is 21.1 Å². The Labute approximate surface area is 209 Å². The van der Waals surface area contributed by atoms with Crippen LogP contribution in [0.4, 0.5) is 33.5 Å². The minimum atomic E-state index is -0.524. The van der Waals surface area contributed by atoms with E-state index < -0.39 is 6.03 Å². The lowest BCUT2D eigenvalue weighted by atomic mass is 10.2. The first-order valence-corrected chi connectivity index (χ1v) is 11.4. The average Bonchev–Trinajstić information content (AvgIpc) is 2.86. The molecule has 3 aromatic rings. The summed E-state index contributed by atoms with van der Waals surface area (Å²) < 4.78 is 10.5. The largest absolute Gasteiger partial charge is 0.497 e. The zero-order chi connectivity index (χ0) is 24.8. The fourth-order valence-electron chi connectivity index (χ4n) is 3.69. The molecule has 1 aliphatic heterocycles. The molecule has 11 heteroatoms. The molecule has 0 spiro atoms. The van der Waals surface area contributed by atoms with Gasteiger partial charge in [-0.3, -0.25) is 5.32 Å². The minimum Gasteiger partial charge on any atom is -0.497 e. The normalized spacial score (nSPS) is 13.8. The number of aromatic nitrogens is 2. The van der Waals surface area contributed by atoms with E-state index in [-0.39, 0.29) is 5.02 Å². The molecule has 0 atom stereocenters. The smallest absolute Gasteiger partial charge is 0.324 e. The third-order valence-electron chi connectivity index (χ3n) is 5.61. The molecule has 0 radical (unpaired) electrons. The van der Waals surface area contributed by atoms with E-state index in [1.807, 2.05) is 12.1 Å². The molecule has 0 unspecified atom stereocenters. The molecule has 3 N–H and O–H groups in total. The van der Waals surface area contributed by atoms with E-state index in [1.165, 1.54) is 20.5 Å². The third kappa shape index (κ3) is 6.23. The Kier molecular flexibility index (Phi) is 7.74. The quantitative estimate of drug-likeness (QED) is 0.444. The molecule has 2 aromatic carbocycles. The van der Waals surface area contributed by atoms with Gasteiger partial charge >= 0.3 is 6.03 Å². The number of ether oxygens (including phenoxy) is 2. The number of halogens is 1. The molecular weight excluding hydrogens is 470 g/mol. The number of nitrogens with zero attached hydrogens (tertiary/aromatic N) is 4. The first-order valence-electron chi connectivity index (χ1n) is 11.1. The summed E-state index contributed by atoms with van der Waals surface area (Å²) in [5.74, 6) is 1.75. The van der Waals surface area contributed by atoms with Crippen LogP contribution < -0.4 is 30.3 Å². The summed E-state index contributed by atoms with van der Waals surface area (Å²) in [5.41, 5.74) is 2.39. The van der Waals surface area contributed by atoms with Gasteiger partial charge in [-0.15, -0.1) is 0 Å². The van der Waals surface area contributed by atoms with Crippen LogP contribution >= 0.6 is 11.6 Å². The summed E-state index contributed by atoms with van der Waals surface area (Å²) in [6, 6.07) is 12.5. The molecule has 35 heavy (non-hydrogen) atoms. The van der Waals surface area contributed by atoms with Crippen LogP contribution in [0.15, 0.2) is 48.8 Å². The van der Waals surface area contributed by atoms with E-state index in [0.29, 0.717) is 28.8 Å². The number of hydrogen-bond acceptors (Lipinski definition) is 8. The Bertz CT molecular complexity index is 1190. The maximum Gasteiger partial charge on any atom is 0.324 e. The van der Waals surface area contributed by atoms with Crippen molar-refractivity contribution in [1.29, 1.82) is 0 Å². The monoisotopic (exact) mass is 497 g/mol. The summed E-state index contributed by atoms with van der Waals surface area (Å²) in [6.07, 6.45) is 1.38. The van der Waals surface area contributed by atoms with Crippen LogP contribution in [0, 0.1) is 0 Å². The maximum absolute atomic E-state index is 12.6. The van der Waals surface area contributed by atoms with Crippen LogP contribution in [0.1, 0.15) is 0 Å². The highest BCUT2D eigenvalue weighted by Gasteiger charge is 2.15. The van der Waals surface area contributed by atoms with Crippen LogP contribution in [0.3, 0.4) is 0 Å². The van der Waals surface area contributed by atoms with E-state index in [9.17, 15) is 4.79 Å². The zero-order valence-electron chi connectivity index (χ0n) is 19.8. The lowest BCUT2D eigenvalue weighted by Gasteiger charge is -2.34. The maximum atomic E-state index is 12.6. The second-order valence-electron chi connectivity index (χ2n) is 8.02. The van der Waals surface area contributed by atoms with Crippen molar-refractivity contribution in [2.45, 2.75) is 0 Å². The number of hydrogen-bond donors (Lipinski definition) is 3. The first kappa shape index (κ1) is 24.4. The molecule has 2 amide bonds. The standard InChI is InChI=1S/C24H28ClN7O3/c1-31-7-9-32(10-8-31)17-6-4-5-16(11-17)28-21-14-22(27-15-26-21)30-24(33)29-19-12-18(34-2)13-20(35-3)23(19)25/h4-6,11-15H,7-10H2,1-3H3,(H3,26,27,28,29,30,33). The molecule has 0 bridgehead atoms. The molecular formula is C24H28ClN7O3. The van der Waals surface area contributed by atoms with Gasteiger partial charge in [-0.25, -0.2) is 14.8 Å². The second kappa shape index (κ2) is 11.1. The van der Waals surface area contributed by atoms with Crippen molar-refractivity contribution >= 4 is 46.3 Å². The molecule has 0 aliphatic carbocycles. The van der Waals surface area contributed by atoms with Crippen molar-refractivity contribution < 1.29 is 14.3 Å². The van der Waals surface area contributed by atoms with Crippen molar-refractivity contribution in [2.75, 3.05) is 68.3 Å². The highest BCUT2D eigenvalue weighted by molar-refractivity contribution is 6.35. The molecule has 0 saturated carbocycles. The Morgan fingerprint density at radius 2 is 1.74 bits per heavy atom. The van der Waals surface area contributed by atoms with Gasteiger partial charge < -0.3 is 29.9 Å². The van der Waals surface area contributed by atoms with Crippen LogP contribution in [0.2, 0.25) is 5.02 Å². The van der Waals surface area contributed by atoms with Crippen LogP contribution in [-0.2, 0) is 0 Å². The van der Waals surface area contributed by atoms with Gasteiger partial charge in [-0.05, 0) is 25.2 Å². The minimum absolute atomic E-state index is 0.258. The van der Waals surface area contributed by atoms with E-state index >= 15 is 0 Å². The van der Waals surface area contributed by atoms with Gasteiger partial charge in [0.05, 0.1) is 19.9 Å². The number of benzene rings is 2. The Morgan fingerprint density at radius 3 is 2.49 bits per heavy atom. The second-order valence-corrected chi connectivity index (χ2v) is 8.40. The van der Waals surface area contributed by atoms with Crippen LogP contribution in [0.5, 0.6) is 11.5 Å². The highest BCUT2D eigenvalue weighted by Crippen LogP contribution is 2.36. The van der Waals surface area contributed by atoms with Gasteiger partial charge in [0.25, 0.3) is 0 Å². The van der Waals surface area contributed by atoms with Crippen molar-refractivity contribution in [3.63, 3.8) is 0 Å². The molecule has 1 aromatic heterocycles.